The third kappa shape index (κ3) is 4.24. The Bertz CT molecular complexity index is 1640. The van der Waals surface area contributed by atoms with Crippen molar-refractivity contribution in [2.24, 2.45) is 0 Å². The van der Waals surface area contributed by atoms with Gasteiger partial charge in [-0.05, 0) is 60.2 Å². The highest BCUT2D eigenvalue weighted by atomic mass is 32.2. The molecule has 0 unspecified atom stereocenters. The lowest BCUT2D eigenvalue weighted by molar-refractivity contribution is 0.0387. The highest BCUT2D eigenvalue weighted by molar-refractivity contribution is 7.91. The molecule has 1 atom stereocenters. The van der Waals surface area contributed by atoms with Crippen molar-refractivity contribution in [3.8, 4) is 5.75 Å². The van der Waals surface area contributed by atoms with Crippen LogP contribution >= 0.6 is 11.3 Å². The van der Waals surface area contributed by atoms with Crippen LogP contribution in [-0.4, -0.2) is 67.0 Å². The van der Waals surface area contributed by atoms with Gasteiger partial charge in [0.2, 0.25) is 0 Å². The molecule has 204 valence electrons. The summed E-state index contributed by atoms with van der Waals surface area (Å²) in [5.74, 6) is -0.234. The summed E-state index contributed by atoms with van der Waals surface area (Å²) in [4.78, 5) is 18.8. The zero-order valence-corrected chi connectivity index (χ0v) is 22.9. The van der Waals surface area contributed by atoms with Gasteiger partial charge in [0.1, 0.15) is 15.8 Å². The number of carbonyl (C=O) groups excluding carboxylic acids is 1. The molecule has 2 aliphatic rings. The number of nitrogens with one attached hydrogen (secondary N) is 1. The van der Waals surface area contributed by atoms with E-state index in [0.717, 1.165) is 16.5 Å². The van der Waals surface area contributed by atoms with Gasteiger partial charge in [0.15, 0.2) is 0 Å². The van der Waals surface area contributed by atoms with Crippen LogP contribution in [-0.2, 0) is 15.4 Å². The van der Waals surface area contributed by atoms with Crippen molar-refractivity contribution in [3.63, 3.8) is 0 Å². The summed E-state index contributed by atoms with van der Waals surface area (Å²) in [6.45, 7) is 0.516. The predicted molar refractivity (Wildman–Crippen MR) is 146 cm³/mol. The van der Waals surface area contributed by atoms with Gasteiger partial charge in [-0.3, -0.25) is 4.79 Å². The summed E-state index contributed by atoms with van der Waals surface area (Å²) in [6, 6.07) is 13.9. The average molecular weight is 570 g/mol. The van der Waals surface area contributed by atoms with Crippen molar-refractivity contribution in [2.45, 2.75) is 28.5 Å². The number of aromatic amines is 1. The number of methoxy groups -OCH3 is 1. The van der Waals surface area contributed by atoms with E-state index in [4.69, 9.17) is 4.74 Å². The van der Waals surface area contributed by atoms with E-state index in [0.29, 0.717) is 28.5 Å². The summed E-state index contributed by atoms with van der Waals surface area (Å²) in [7, 11) is -2.03. The number of ether oxygens (including phenoxy) is 1. The van der Waals surface area contributed by atoms with Gasteiger partial charge in [-0.1, -0.05) is 12.1 Å². The minimum absolute atomic E-state index is 0.197. The maximum Gasteiger partial charge on any atom is 0.254 e. The number of hydrogen-bond acceptors (Lipinski definition) is 6. The molecule has 0 aliphatic carbocycles. The fraction of sp³-hybridized carbons (Fsp3) is 0.321. The second kappa shape index (κ2) is 9.74. The minimum atomic E-state index is -3.62. The van der Waals surface area contributed by atoms with Gasteiger partial charge in [-0.15, -0.1) is 11.3 Å². The topological polar surface area (TPSA) is 103 Å². The van der Waals surface area contributed by atoms with E-state index in [2.05, 4.69) is 4.98 Å². The number of carbonyl (C=O) groups is 1. The number of piperidine rings is 1. The molecule has 2 aromatic carbocycles. The second-order valence-electron chi connectivity index (χ2n) is 10.1. The normalized spacial score (nSPS) is 19.4. The second-order valence-corrected chi connectivity index (χ2v) is 13.2. The van der Waals surface area contributed by atoms with Gasteiger partial charge in [-0.2, -0.15) is 4.31 Å². The quantitative estimate of drug-likeness (QED) is 0.373. The Hall–Kier alpha value is -3.25. The van der Waals surface area contributed by atoms with Crippen molar-refractivity contribution in [1.82, 2.24) is 14.2 Å². The molecule has 39 heavy (non-hydrogen) atoms. The van der Waals surface area contributed by atoms with E-state index in [9.17, 15) is 22.7 Å². The molecule has 1 fully saturated rings. The molecular weight excluding hydrogens is 541 g/mol. The first-order chi connectivity index (χ1) is 18.8. The number of fused-ring (bicyclic) bond motifs is 4. The molecule has 6 rings (SSSR count). The lowest BCUT2D eigenvalue weighted by Gasteiger charge is -2.50. The Morgan fingerprint density at radius 3 is 2.64 bits per heavy atom. The third-order valence-corrected chi connectivity index (χ3v) is 11.3. The number of H-pyrrole nitrogens is 1. The van der Waals surface area contributed by atoms with E-state index in [1.54, 1.807) is 35.6 Å². The smallest absolute Gasteiger partial charge is 0.254 e. The molecule has 2 aromatic heterocycles. The molecule has 8 nitrogen and oxygen atoms in total. The van der Waals surface area contributed by atoms with Gasteiger partial charge < -0.3 is 19.7 Å². The van der Waals surface area contributed by atoms with Crippen LogP contribution in [0.15, 0.2) is 64.2 Å². The lowest BCUT2D eigenvalue weighted by Crippen LogP contribution is -2.55. The lowest BCUT2D eigenvalue weighted by atomic mass is 9.68. The van der Waals surface area contributed by atoms with Crippen LogP contribution in [0.4, 0.5) is 4.39 Å². The number of rotatable bonds is 5. The molecule has 4 heterocycles. The van der Waals surface area contributed by atoms with Gasteiger partial charge in [-0.25, -0.2) is 12.8 Å². The Morgan fingerprint density at radius 2 is 1.97 bits per heavy atom. The number of aliphatic hydroxyl groups is 1. The maximum absolute atomic E-state index is 14.0. The number of halogens is 1. The summed E-state index contributed by atoms with van der Waals surface area (Å²) in [5, 5.41) is 13.2. The van der Waals surface area contributed by atoms with Crippen molar-refractivity contribution >= 4 is 38.2 Å². The summed E-state index contributed by atoms with van der Waals surface area (Å²) < 4.78 is 47.8. The molecular formula is C28H28FN3O5S2. The van der Waals surface area contributed by atoms with Crippen molar-refractivity contribution in [3.05, 3.63) is 82.6 Å². The number of aliphatic hydroxyl groups excluding tert-OH is 1. The fourth-order valence-corrected chi connectivity index (χ4v) is 8.69. The monoisotopic (exact) mass is 569 g/mol. The van der Waals surface area contributed by atoms with Gasteiger partial charge in [0.25, 0.3) is 15.9 Å². The third-order valence-electron chi connectivity index (χ3n) is 8.02. The highest BCUT2D eigenvalue weighted by Crippen LogP contribution is 2.50. The molecule has 0 saturated carbocycles. The molecule has 0 bridgehead atoms. The SMILES string of the molecule is COc1ccc2c3c([nH]c2c1)[C@@H](CO)N(C(=O)c1cccc(F)c1)CC31CCN(S(=O)(=O)c2cccs2)CC1. The Balaban J connectivity index is 1.45. The van der Waals surface area contributed by atoms with Crippen molar-refractivity contribution < 1.29 is 27.4 Å². The maximum atomic E-state index is 14.0. The first-order valence-corrected chi connectivity index (χ1v) is 15.0. The fourth-order valence-electron chi connectivity index (χ4n) is 6.11. The number of aromatic nitrogens is 1. The van der Waals surface area contributed by atoms with Crippen LogP contribution in [0.3, 0.4) is 0 Å². The van der Waals surface area contributed by atoms with E-state index in [1.807, 2.05) is 18.2 Å². The predicted octanol–water partition coefficient (Wildman–Crippen LogP) is 4.29. The Labute approximate surface area is 229 Å². The summed E-state index contributed by atoms with van der Waals surface area (Å²) >= 11 is 1.19. The van der Waals surface area contributed by atoms with Crippen LogP contribution in [0.25, 0.3) is 10.9 Å². The average Bonchev–Trinajstić information content (AvgIpc) is 3.62. The van der Waals surface area contributed by atoms with Crippen LogP contribution in [0, 0.1) is 5.82 Å². The Kier molecular flexibility index (Phi) is 6.49. The number of sulfonamides is 1. The van der Waals surface area contributed by atoms with Gasteiger partial charge >= 0.3 is 0 Å². The van der Waals surface area contributed by atoms with E-state index >= 15 is 0 Å². The molecule has 0 radical (unpaired) electrons. The van der Waals surface area contributed by atoms with Crippen LogP contribution < -0.4 is 4.74 Å². The van der Waals surface area contributed by atoms with E-state index in [1.165, 1.54) is 33.8 Å². The minimum Gasteiger partial charge on any atom is -0.497 e. The standard InChI is InChI=1S/C28H28FN3O5S2/c1-37-20-7-8-21-22(15-20)30-26-23(16-33)32(27(34)18-4-2-5-19(29)14-18)17-28(25(21)26)9-11-31(12-10-28)39(35,36)24-6-3-13-38-24/h2-8,13-15,23,30,33H,9-12,16-17H2,1H3/t23-/m1/s1. The highest BCUT2D eigenvalue weighted by Gasteiger charge is 2.50. The van der Waals surface area contributed by atoms with Crippen molar-refractivity contribution in [2.75, 3.05) is 33.4 Å². The molecule has 4 aromatic rings. The molecule has 1 amide bonds. The van der Waals surface area contributed by atoms with Gasteiger partial charge in [0.05, 0.1) is 19.8 Å². The first kappa shape index (κ1) is 26.0. The molecule has 2 aliphatic heterocycles. The molecule has 11 heteroatoms. The van der Waals surface area contributed by atoms with Gasteiger partial charge in [0, 0.05) is 53.3 Å². The number of hydrogen-bond donors (Lipinski definition) is 2. The Morgan fingerprint density at radius 1 is 1.18 bits per heavy atom. The van der Waals surface area contributed by atoms with Crippen LogP contribution in [0.5, 0.6) is 5.75 Å². The van der Waals surface area contributed by atoms with E-state index in [-0.39, 0.29) is 37.7 Å². The van der Waals surface area contributed by atoms with E-state index < -0.39 is 27.3 Å². The number of nitrogens with zero attached hydrogens (tertiary/aromatic N) is 2. The van der Waals surface area contributed by atoms with Crippen molar-refractivity contribution in [1.29, 1.82) is 0 Å². The zero-order chi connectivity index (χ0) is 27.4. The first-order valence-electron chi connectivity index (χ1n) is 12.7. The number of benzene rings is 2. The largest absolute Gasteiger partial charge is 0.497 e. The summed E-state index contributed by atoms with van der Waals surface area (Å²) in [5.41, 5.74) is 2.15. The number of amides is 1. The van der Waals surface area contributed by atoms with Crippen LogP contribution in [0.1, 0.15) is 40.5 Å². The zero-order valence-electron chi connectivity index (χ0n) is 21.3. The number of thiophene rings is 1. The molecule has 1 spiro atoms. The molecule has 1 saturated heterocycles. The summed E-state index contributed by atoms with van der Waals surface area (Å²) in [6.07, 6.45) is 0.962. The molecule has 2 N–H and O–H groups in total. The van der Waals surface area contributed by atoms with Crippen LogP contribution in [0.2, 0.25) is 0 Å².